The summed E-state index contributed by atoms with van der Waals surface area (Å²) in [5, 5.41) is 3.10. The average molecular weight is 304 g/mol. The van der Waals surface area contributed by atoms with E-state index in [4.69, 9.17) is 4.74 Å². The fourth-order valence-corrected chi connectivity index (χ4v) is 3.38. The molecule has 1 N–H and O–H groups in total. The molecule has 0 radical (unpaired) electrons. The van der Waals surface area contributed by atoms with Crippen LogP contribution in [0.3, 0.4) is 0 Å². The third-order valence-electron chi connectivity index (χ3n) is 4.45. The van der Waals surface area contributed by atoms with E-state index in [1.165, 1.54) is 5.56 Å². The first-order chi connectivity index (χ1) is 10.6. The maximum absolute atomic E-state index is 12.0. The summed E-state index contributed by atoms with van der Waals surface area (Å²) in [6, 6.07) is 4.43. The van der Waals surface area contributed by atoms with Crippen LogP contribution in [-0.2, 0) is 11.3 Å². The Balaban J connectivity index is 1.70. The Morgan fingerprint density at radius 1 is 1.55 bits per heavy atom. The van der Waals surface area contributed by atoms with E-state index in [-0.39, 0.29) is 18.2 Å². The van der Waals surface area contributed by atoms with E-state index < -0.39 is 0 Å². The number of likely N-dealkylation sites (tertiary alicyclic amines) is 1. The Bertz CT molecular complexity index is 508. The Labute approximate surface area is 131 Å². The molecule has 3 rings (SSSR count). The van der Waals surface area contributed by atoms with Crippen LogP contribution in [0.5, 0.6) is 0 Å². The molecule has 3 heterocycles. The number of nitrogens with zero attached hydrogens (tertiary/aromatic N) is 3. The predicted octanol–water partition coefficient (Wildman–Crippen LogP) is 1.08. The van der Waals surface area contributed by atoms with Gasteiger partial charge >= 0.3 is 6.03 Å². The van der Waals surface area contributed by atoms with Gasteiger partial charge in [-0.05, 0) is 24.5 Å². The molecule has 6 heteroatoms. The number of pyridine rings is 1. The lowest BCUT2D eigenvalue weighted by Crippen LogP contribution is -2.50. The highest BCUT2D eigenvalue weighted by Crippen LogP contribution is 2.30. The number of ether oxygens (including phenoxy) is 1. The highest BCUT2D eigenvalue weighted by atomic mass is 16.5. The number of carbonyl (C=O) groups excluding carboxylic acids is 1. The summed E-state index contributed by atoms with van der Waals surface area (Å²) < 4.78 is 5.97. The summed E-state index contributed by atoms with van der Waals surface area (Å²) in [6.07, 6.45) is 6.00. The zero-order valence-electron chi connectivity index (χ0n) is 13.2. The van der Waals surface area contributed by atoms with Crippen molar-refractivity contribution in [1.82, 2.24) is 20.1 Å². The molecule has 22 heavy (non-hydrogen) atoms. The molecule has 2 fully saturated rings. The molecule has 2 amide bonds. The van der Waals surface area contributed by atoms with Crippen LogP contribution in [0, 0.1) is 0 Å². The van der Waals surface area contributed by atoms with Gasteiger partial charge in [-0.1, -0.05) is 6.07 Å². The van der Waals surface area contributed by atoms with E-state index in [2.05, 4.69) is 21.3 Å². The van der Waals surface area contributed by atoms with E-state index in [0.717, 1.165) is 32.5 Å². The number of hydrogen-bond donors (Lipinski definition) is 1. The van der Waals surface area contributed by atoms with Gasteiger partial charge in [0.15, 0.2) is 0 Å². The third kappa shape index (κ3) is 3.23. The highest BCUT2D eigenvalue weighted by molar-refractivity contribution is 5.74. The van der Waals surface area contributed by atoms with Crippen LogP contribution in [0.25, 0.3) is 0 Å². The number of urea groups is 1. The third-order valence-corrected chi connectivity index (χ3v) is 4.45. The number of fused-ring (bicyclic) bond motifs is 1. The summed E-state index contributed by atoms with van der Waals surface area (Å²) in [7, 11) is 3.52. The molecule has 0 unspecified atom stereocenters. The molecule has 1 aromatic heterocycles. The van der Waals surface area contributed by atoms with E-state index in [0.29, 0.717) is 6.04 Å². The first-order valence-corrected chi connectivity index (χ1v) is 7.87. The van der Waals surface area contributed by atoms with E-state index in [9.17, 15) is 4.79 Å². The molecule has 3 atom stereocenters. The minimum Gasteiger partial charge on any atom is -0.374 e. The van der Waals surface area contributed by atoms with Gasteiger partial charge in [0.1, 0.15) is 0 Å². The van der Waals surface area contributed by atoms with Crippen LogP contribution in [0.4, 0.5) is 4.79 Å². The molecule has 0 aromatic carbocycles. The van der Waals surface area contributed by atoms with Gasteiger partial charge in [-0.25, -0.2) is 4.79 Å². The van der Waals surface area contributed by atoms with Crippen LogP contribution < -0.4 is 5.32 Å². The van der Waals surface area contributed by atoms with Gasteiger partial charge in [0.2, 0.25) is 0 Å². The van der Waals surface area contributed by atoms with Crippen molar-refractivity contribution in [3.05, 3.63) is 30.1 Å². The van der Waals surface area contributed by atoms with Crippen LogP contribution in [0.15, 0.2) is 24.5 Å². The topological polar surface area (TPSA) is 57.7 Å². The van der Waals surface area contributed by atoms with Crippen molar-refractivity contribution in [2.24, 2.45) is 0 Å². The van der Waals surface area contributed by atoms with Gasteiger partial charge in [0.05, 0.1) is 12.1 Å². The summed E-state index contributed by atoms with van der Waals surface area (Å²) in [6.45, 7) is 2.47. The van der Waals surface area contributed by atoms with Crippen molar-refractivity contribution >= 4 is 6.03 Å². The molecule has 0 aliphatic carbocycles. The number of nitrogens with one attached hydrogen (secondary N) is 1. The molecule has 2 saturated heterocycles. The van der Waals surface area contributed by atoms with Gasteiger partial charge in [0, 0.05) is 52.2 Å². The Morgan fingerprint density at radius 3 is 3.14 bits per heavy atom. The number of aromatic nitrogens is 1. The van der Waals surface area contributed by atoms with Gasteiger partial charge in [0.25, 0.3) is 0 Å². The molecule has 2 aliphatic rings. The lowest BCUT2D eigenvalue weighted by Gasteiger charge is -2.32. The summed E-state index contributed by atoms with van der Waals surface area (Å²) in [4.78, 5) is 20.1. The van der Waals surface area contributed by atoms with Crippen LogP contribution in [-0.4, -0.2) is 66.2 Å². The fourth-order valence-electron chi connectivity index (χ4n) is 3.38. The number of hydrogen-bond acceptors (Lipinski definition) is 4. The molecule has 120 valence electrons. The Kier molecular flexibility index (Phi) is 4.59. The number of carbonyl (C=O) groups is 1. The maximum atomic E-state index is 12.0. The summed E-state index contributed by atoms with van der Waals surface area (Å²) >= 11 is 0. The zero-order valence-corrected chi connectivity index (χ0v) is 13.2. The fraction of sp³-hybridized carbons (Fsp3) is 0.625. The minimum absolute atomic E-state index is 0.0527. The first kappa shape index (κ1) is 15.2. The van der Waals surface area contributed by atoms with E-state index in [1.54, 1.807) is 25.2 Å². The second-order valence-electron chi connectivity index (χ2n) is 6.29. The summed E-state index contributed by atoms with van der Waals surface area (Å²) in [5.41, 5.74) is 1.20. The number of rotatable bonds is 3. The second kappa shape index (κ2) is 6.62. The zero-order chi connectivity index (χ0) is 15.5. The van der Waals surface area contributed by atoms with Gasteiger partial charge < -0.3 is 15.0 Å². The van der Waals surface area contributed by atoms with Gasteiger partial charge in [-0.2, -0.15) is 0 Å². The van der Waals surface area contributed by atoms with Crippen LogP contribution >= 0.6 is 0 Å². The van der Waals surface area contributed by atoms with Crippen molar-refractivity contribution < 1.29 is 9.53 Å². The highest BCUT2D eigenvalue weighted by Gasteiger charge is 2.44. The monoisotopic (exact) mass is 304 g/mol. The molecular weight excluding hydrogens is 280 g/mol. The second-order valence-corrected chi connectivity index (χ2v) is 6.29. The molecule has 0 saturated carbocycles. The number of amides is 2. The maximum Gasteiger partial charge on any atom is 0.317 e. The van der Waals surface area contributed by atoms with Gasteiger partial charge in [-0.15, -0.1) is 0 Å². The Morgan fingerprint density at radius 2 is 2.41 bits per heavy atom. The smallest absolute Gasteiger partial charge is 0.317 e. The lowest BCUT2D eigenvalue weighted by atomic mass is 10.0. The molecule has 0 bridgehead atoms. The first-order valence-electron chi connectivity index (χ1n) is 7.87. The van der Waals surface area contributed by atoms with Gasteiger partial charge in [-0.3, -0.25) is 9.88 Å². The molecular formula is C16H24N4O2. The van der Waals surface area contributed by atoms with Crippen molar-refractivity contribution in [3.63, 3.8) is 0 Å². The SMILES string of the molecule is CN(C)C(=O)N[C@@H]1CN(Cc2cccnc2)[C@@H]2CCCO[C@@H]21. The quantitative estimate of drug-likeness (QED) is 0.908. The standard InChI is InChI=1S/C16H24N4O2/c1-19(2)16(21)18-13-11-20(10-12-5-3-7-17-9-12)14-6-4-8-22-15(13)14/h3,5,7,9,13-15H,4,6,8,10-11H2,1-2H3,(H,18,21)/t13-,14-,15-/m1/s1. The van der Waals surface area contributed by atoms with Crippen LogP contribution in [0.1, 0.15) is 18.4 Å². The Hall–Kier alpha value is -1.66. The largest absolute Gasteiger partial charge is 0.374 e. The average Bonchev–Trinajstić information content (AvgIpc) is 2.86. The van der Waals surface area contributed by atoms with E-state index in [1.807, 2.05) is 12.3 Å². The van der Waals surface area contributed by atoms with E-state index >= 15 is 0 Å². The minimum atomic E-state index is -0.0545. The van der Waals surface area contributed by atoms with Crippen molar-refractivity contribution in [2.45, 2.75) is 37.6 Å². The lowest BCUT2D eigenvalue weighted by molar-refractivity contribution is -0.0207. The molecule has 0 spiro atoms. The predicted molar refractivity (Wildman–Crippen MR) is 83.4 cm³/mol. The van der Waals surface area contributed by atoms with Crippen molar-refractivity contribution in [3.8, 4) is 0 Å². The molecule has 6 nitrogen and oxygen atoms in total. The van der Waals surface area contributed by atoms with Crippen molar-refractivity contribution in [2.75, 3.05) is 27.2 Å². The molecule has 2 aliphatic heterocycles. The normalized spacial score (nSPS) is 28.2. The van der Waals surface area contributed by atoms with Crippen LogP contribution in [0.2, 0.25) is 0 Å². The summed E-state index contributed by atoms with van der Waals surface area (Å²) in [5.74, 6) is 0. The molecule has 1 aromatic rings. The van der Waals surface area contributed by atoms with Crippen molar-refractivity contribution in [1.29, 1.82) is 0 Å².